The number of hydrogen-bond donors (Lipinski definition) is 2. The van der Waals surface area contributed by atoms with Crippen LogP contribution >= 0.6 is 0 Å². The minimum Gasteiger partial charge on any atom is -0.356 e. The molecule has 2 aliphatic rings. The van der Waals surface area contributed by atoms with Gasteiger partial charge in [0.25, 0.3) is 0 Å². The summed E-state index contributed by atoms with van der Waals surface area (Å²) in [4.78, 5) is 4.30. The van der Waals surface area contributed by atoms with Crippen molar-refractivity contribution >= 4 is 5.96 Å². The molecule has 2 rings (SSSR count). The lowest BCUT2D eigenvalue weighted by molar-refractivity contribution is 0.282. The van der Waals surface area contributed by atoms with Crippen LogP contribution in [-0.4, -0.2) is 25.6 Å². The minimum atomic E-state index is 0.659. The molecule has 0 aromatic carbocycles. The van der Waals surface area contributed by atoms with Gasteiger partial charge >= 0.3 is 0 Å². The smallest absolute Gasteiger partial charge is 0.191 e. The highest BCUT2D eigenvalue weighted by atomic mass is 15.2. The van der Waals surface area contributed by atoms with Gasteiger partial charge in [-0.05, 0) is 37.0 Å². The molecule has 0 saturated heterocycles. The van der Waals surface area contributed by atoms with Gasteiger partial charge in [-0.25, -0.2) is 0 Å². The van der Waals surface area contributed by atoms with Gasteiger partial charge in [-0.15, -0.1) is 0 Å². The van der Waals surface area contributed by atoms with E-state index in [4.69, 9.17) is 0 Å². The molecule has 0 amide bonds. The zero-order chi connectivity index (χ0) is 12.3. The van der Waals surface area contributed by atoms with Crippen LogP contribution in [0.15, 0.2) is 4.99 Å². The molecule has 0 bridgehead atoms. The normalized spacial score (nSPS) is 37.7. The Balaban J connectivity index is 1.68. The standard InChI is InChI=1S/C14H27N3/c1-10-5-4-6-12(7-10)9-16-14(15-3)17-13-8-11(13)2/h10-13H,4-9H2,1-3H3,(H2,15,16,17). The molecule has 17 heavy (non-hydrogen) atoms. The summed E-state index contributed by atoms with van der Waals surface area (Å²) in [5, 5.41) is 6.97. The van der Waals surface area contributed by atoms with Gasteiger partial charge < -0.3 is 10.6 Å². The van der Waals surface area contributed by atoms with Crippen molar-refractivity contribution in [1.82, 2.24) is 10.6 Å². The van der Waals surface area contributed by atoms with E-state index in [1.807, 2.05) is 7.05 Å². The van der Waals surface area contributed by atoms with Crippen molar-refractivity contribution in [3.63, 3.8) is 0 Å². The second-order valence-electron chi connectivity index (χ2n) is 6.05. The van der Waals surface area contributed by atoms with Gasteiger partial charge in [-0.2, -0.15) is 0 Å². The SMILES string of the molecule is CN=C(NCC1CCCC(C)C1)NC1CC1C. The molecule has 2 fully saturated rings. The maximum absolute atomic E-state index is 4.30. The zero-order valence-corrected chi connectivity index (χ0v) is 11.5. The fourth-order valence-electron chi connectivity index (χ4n) is 2.88. The fourth-order valence-corrected chi connectivity index (χ4v) is 2.88. The van der Waals surface area contributed by atoms with E-state index in [9.17, 15) is 0 Å². The summed E-state index contributed by atoms with van der Waals surface area (Å²) in [5.41, 5.74) is 0. The van der Waals surface area contributed by atoms with Gasteiger partial charge in [0, 0.05) is 19.6 Å². The largest absolute Gasteiger partial charge is 0.356 e. The highest BCUT2D eigenvalue weighted by Crippen LogP contribution is 2.29. The van der Waals surface area contributed by atoms with E-state index in [1.54, 1.807) is 0 Å². The molecular formula is C14H27N3. The Hall–Kier alpha value is -0.730. The summed E-state index contributed by atoms with van der Waals surface area (Å²) >= 11 is 0. The first-order chi connectivity index (χ1) is 8.19. The van der Waals surface area contributed by atoms with Gasteiger partial charge in [0.15, 0.2) is 5.96 Å². The van der Waals surface area contributed by atoms with Crippen LogP contribution in [0.3, 0.4) is 0 Å². The van der Waals surface area contributed by atoms with Crippen LogP contribution in [0.1, 0.15) is 46.0 Å². The molecule has 0 heterocycles. The molecule has 0 spiro atoms. The second-order valence-corrected chi connectivity index (χ2v) is 6.05. The van der Waals surface area contributed by atoms with Crippen molar-refractivity contribution in [2.75, 3.05) is 13.6 Å². The Labute approximate surface area is 105 Å². The predicted molar refractivity (Wildman–Crippen MR) is 73.2 cm³/mol. The van der Waals surface area contributed by atoms with Crippen molar-refractivity contribution in [3.8, 4) is 0 Å². The van der Waals surface area contributed by atoms with Crippen LogP contribution in [0, 0.1) is 17.8 Å². The Morgan fingerprint density at radius 3 is 2.59 bits per heavy atom. The van der Waals surface area contributed by atoms with Crippen LogP contribution in [0.5, 0.6) is 0 Å². The summed E-state index contributed by atoms with van der Waals surface area (Å²) in [7, 11) is 1.87. The van der Waals surface area contributed by atoms with Crippen molar-refractivity contribution < 1.29 is 0 Å². The highest BCUT2D eigenvalue weighted by molar-refractivity contribution is 5.80. The van der Waals surface area contributed by atoms with Crippen LogP contribution in [0.4, 0.5) is 0 Å². The molecule has 2 N–H and O–H groups in total. The van der Waals surface area contributed by atoms with E-state index in [0.717, 1.165) is 30.3 Å². The Bertz CT molecular complexity index is 275. The Morgan fingerprint density at radius 2 is 2.00 bits per heavy atom. The summed E-state index contributed by atoms with van der Waals surface area (Å²) in [5.74, 6) is 3.57. The zero-order valence-electron chi connectivity index (χ0n) is 11.5. The first kappa shape index (κ1) is 12.7. The Morgan fingerprint density at radius 1 is 1.24 bits per heavy atom. The van der Waals surface area contributed by atoms with Gasteiger partial charge in [-0.3, -0.25) is 4.99 Å². The summed E-state index contributed by atoms with van der Waals surface area (Å²) in [6, 6.07) is 0.659. The summed E-state index contributed by atoms with van der Waals surface area (Å²) in [6.45, 7) is 5.75. The highest BCUT2D eigenvalue weighted by Gasteiger charge is 2.33. The minimum absolute atomic E-state index is 0.659. The van der Waals surface area contributed by atoms with Crippen molar-refractivity contribution in [1.29, 1.82) is 0 Å². The lowest BCUT2D eigenvalue weighted by atomic mass is 9.82. The van der Waals surface area contributed by atoms with Crippen LogP contribution in [-0.2, 0) is 0 Å². The molecule has 2 saturated carbocycles. The summed E-state index contributed by atoms with van der Waals surface area (Å²) < 4.78 is 0. The monoisotopic (exact) mass is 237 g/mol. The van der Waals surface area contributed by atoms with Gasteiger partial charge in [0.1, 0.15) is 0 Å². The molecule has 0 radical (unpaired) electrons. The quantitative estimate of drug-likeness (QED) is 0.584. The van der Waals surface area contributed by atoms with Gasteiger partial charge in [-0.1, -0.05) is 26.7 Å². The number of nitrogens with one attached hydrogen (secondary N) is 2. The number of guanidine groups is 1. The topological polar surface area (TPSA) is 36.4 Å². The van der Waals surface area contributed by atoms with Crippen molar-refractivity contribution in [2.45, 2.75) is 52.0 Å². The fraction of sp³-hybridized carbons (Fsp3) is 0.929. The molecule has 3 heteroatoms. The number of rotatable bonds is 3. The number of nitrogens with zero attached hydrogens (tertiary/aromatic N) is 1. The molecular weight excluding hydrogens is 210 g/mol. The maximum Gasteiger partial charge on any atom is 0.191 e. The molecule has 0 aliphatic heterocycles. The van der Waals surface area contributed by atoms with E-state index in [1.165, 1.54) is 32.1 Å². The molecule has 4 atom stereocenters. The number of hydrogen-bond acceptors (Lipinski definition) is 1. The number of aliphatic imine (C=N–C) groups is 1. The molecule has 98 valence electrons. The molecule has 2 aliphatic carbocycles. The average Bonchev–Trinajstić information content (AvgIpc) is 3.00. The maximum atomic E-state index is 4.30. The third-order valence-corrected chi connectivity index (χ3v) is 4.26. The van der Waals surface area contributed by atoms with E-state index < -0.39 is 0 Å². The second kappa shape index (κ2) is 5.74. The van der Waals surface area contributed by atoms with E-state index in [0.29, 0.717) is 6.04 Å². The van der Waals surface area contributed by atoms with Crippen LogP contribution in [0.2, 0.25) is 0 Å². The molecule has 4 unspecified atom stereocenters. The van der Waals surface area contributed by atoms with E-state index in [-0.39, 0.29) is 0 Å². The predicted octanol–water partition coefficient (Wildman–Crippen LogP) is 2.39. The lowest BCUT2D eigenvalue weighted by Gasteiger charge is -2.27. The third kappa shape index (κ3) is 3.90. The molecule has 3 nitrogen and oxygen atoms in total. The van der Waals surface area contributed by atoms with E-state index >= 15 is 0 Å². The van der Waals surface area contributed by atoms with Crippen molar-refractivity contribution in [2.24, 2.45) is 22.7 Å². The van der Waals surface area contributed by atoms with Gasteiger partial charge in [0.2, 0.25) is 0 Å². The first-order valence-electron chi connectivity index (χ1n) is 7.16. The molecule has 0 aromatic rings. The van der Waals surface area contributed by atoms with E-state index in [2.05, 4.69) is 29.5 Å². The lowest BCUT2D eigenvalue weighted by Crippen LogP contribution is -2.41. The van der Waals surface area contributed by atoms with Crippen molar-refractivity contribution in [3.05, 3.63) is 0 Å². The van der Waals surface area contributed by atoms with Crippen LogP contribution in [0.25, 0.3) is 0 Å². The molecule has 0 aromatic heterocycles. The van der Waals surface area contributed by atoms with Gasteiger partial charge in [0.05, 0.1) is 0 Å². The van der Waals surface area contributed by atoms with Crippen LogP contribution < -0.4 is 10.6 Å². The summed E-state index contributed by atoms with van der Waals surface area (Å²) in [6.07, 6.45) is 6.88. The third-order valence-electron chi connectivity index (χ3n) is 4.26. The average molecular weight is 237 g/mol. The Kier molecular flexibility index (Phi) is 4.30. The first-order valence-corrected chi connectivity index (χ1v) is 7.16.